The topological polar surface area (TPSA) is 93.7 Å². The fraction of sp³-hybridized carbons (Fsp3) is 0.409. The molecule has 2 N–H and O–H groups in total. The molecule has 0 unspecified atom stereocenters. The molecule has 0 aromatic heterocycles. The number of methoxy groups -OCH3 is 1. The van der Waals surface area contributed by atoms with Gasteiger partial charge >= 0.3 is 5.97 Å². The molecule has 2 rings (SSSR count). The van der Waals surface area contributed by atoms with Crippen LogP contribution >= 0.6 is 0 Å². The van der Waals surface area contributed by atoms with Gasteiger partial charge in [0, 0.05) is 6.54 Å². The zero-order valence-electron chi connectivity index (χ0n) is 17.3. The molecule has 7 heteroatoms. The minimum atomic E-state index is -0.692. The highest BCUT2D eigenvalue weighted by Gasteiger charge is 2.20. The Morgan fingerprint density at radius 3 is 2.41 bits per heavy atom. The third-order valence-electron chi connectivity index (χ3n) is 4.59. The number of benzene rings is 2. The van der Waals surface area contributed by atoms with Crippen molar-refractivity contribution in [1.29, 1.82) is 0 Å². The van der Waals surface area contributed by atoms with E-state index in [0.29, 0.717) is 6.54 Å². The van der Waals surface area contributed by atoms with Crippen molar-refractivity contribution in [2.24, 2.45) is 0 Å². The molecule has 0 spiro atoms. The second kappa shape index (κ2) is 10.5. The molecule has 2 amide bonds. The molecular formula is C22H28N2O5. The summed E-state index contributed by atoms with van der Waals surface area (Å²) in [7, 11) is 1.61. The van der Waals surface area contributed by atoms with Crippen molar-refractivity contribution in [3.63, 3.8) is 0 Å². The van der Waals surface area contributed by atoms with Crippen LogP contribution < -0.4 is 15.4 Å². The Morgan fingerprint density at radius 2 is 1.72 bits per heavy atom. The van der Waals surface area contributed by atoms with Crippen LogP contribution in [0.5, 0.6) is 5.75 Å². The molecule has 2 aromatic rings. The number of carbonyl (C=O) groups excluding carboxylic acids is 3. The first-order valence-electron chi connectivity index (χ1n) is 9.67. The first kappa shape index (κ1) is 22.2. The monoisotopic (exact) mass is 400 g/mol. The number of fused-ring (bicyclic) bond motifs is 1. The van der Waals surface area contributed by atoms with Gasteiger partial charge < -0.3 is 20.1 Å². The van der Waals surface area contributed by atoms with Gasteiger partial charge in [-0.3, -0.25) is 14.4 Å². The van der Waals surface area contributed by atoms with Crippen LogP contribution in [0.1, 0.15) is 38.7 Å². The zero-order valence-corrected chi connectivity index (χ0v) is 17.3. The summed E-state index contributed by atoms with van der Waals surface area (Å²) in [6, 6.07) is 10.7. The van der Waals surface area contributed by atoms with E-state index in [1.165, 1.54) is 0 Å². The maximum atomic E-state index is 12.3. The van der Waals surface area contributed by atoms with Crippen LogP contribution in [0.15, 0.2) is 36.4 Å². The zero-order chi connectivity index (χ0) is 21.4. The molecule has 0 radical (unpaired) electrons. The molecule has 0 aliphatic heterocycles. The molecule has 0 heterocycles. The van der Waals surface area contributed by atoms with Gasteiger partial charge in [-0.2, -0.15) is 0 Å². The molecule has 156 valence electrons. The first-order chi connectivity index (χ1) is 13.8. The van der Waals surface area contributed by atoms with Gasteiger partial charge in [0.2, 0.25) is 5.91 Å². The van der Waals surface area contributed by atoms with E-state index in [1.54, 1.807) is 21.0 Å². The molecule has 2 aromatic carbocycles. The third-order valence-corrected chi connectivity index (χ3v) is 4.59. The summed E-state index contributed by atoms with van der Waals surface area (Å²) in [5.74, 6) is -1.06. The van der Waals surface area contributed by atoms with Crippen molar-refractivity contribution in [2.75, 3.05) is 20.3 Å². The van der Waals surface area contributed by atoms with Gasteiger partial charge in [-0.1, -0.05) is 31.2 Å². The van der Waals surface area contributed by atoms with E-state index < -0.39 is 30.4 Å². The van der Waals surface area contributed by atoms with Gasteiger partial charge in [-0.15, -0.1) is 0 Å². The number of ether oxygens (including phenoxy) is 2. The van der Waals surface area contributed by atoms with E-state index in [1.807, 2.05) is 43.3 Å². The highest BCUT2D eigenvalue weighted by molar-refractivity contribution is 5.89. The molecule has 0 bridgehead atoms. The number of hydrogen-bond acceptors (Lipinski definition) is 5. The summed E-state index contributed by atoms with van der Waals surface area (Å²) in [6.07, 6.45) is 0.810. The van der Waals surface area contributed by atoms with E-state index in [0.717, 1.165) is 28.5 Å². The van der Waals surface area contributed by atoms with E-state index in [4.69, 9.17) is 9.47 Å². The molecule has 0 saturated heterocycles. The Morgan fingerprint density at radius 1 is 1.03 bits per heavy atom. The minimum Gasteiger partial charge on any atom is -0.497 e. The molecule has 7 nitrogen and oxygen atoms in total. The Hall–Kier alpha value is -3.09. The minimum absolute atomic E-state index is 0.271. The largest absolute Gasteiger partial charge is 0.497 e. The Balaban J connectivity index is 1.90. The summed E-state index contributed by atoms with van der Waals surface area (Å²) in [5.41, 5.74) is 0.792. The fourth-order valence-corrected chi connectivity index (χ4v) is 2.79. The van der Waals surface area contributed by atoms with Crippen molar-refractivity contribution in [2.45, 2.75) is 39.2 Å². The quantitative estimate of drug-likeness (QED) is 0.631. The SMILES string of the molecule is CCCNC(=O)[C@H](C)NC(=O)COC(=O)[C@@H](C)c1ccc2cc(OC)ccc2c1. The molecule has 2 atom stereocenters. The van der Waals surface area contributed by atoms with Crippen molar-refractivity contribution in [1.82, 2.24) is 10.6 Å². The van der Waals surface area contributed by atoms with E-state index >= 15 is 0 Å². The van der Waals surface area contributed by atoms with Gasteiger partial charge in [0.1, 0.15) is 11.8 Å². The Labute approximate surface area is 170 Å². The standard InChI is InChI=1S/C22H28N2O5/c1-5-10-23-21(26)15(3)24-20(25)13-29-22(27)14(2)16-6-7-18-12-19(28-4)9-8-17(18)11-16/h6-9,11-12,14-15H,5,10,13H2,1-4H3,(H,23,26)(H,24,25)/t14-,15-/m0/s1. The van der Waals surface area contributed by atoms with Crippen LogP contribution in [0.3, 0.4) is 0 Å². The predicted octanol–water partition coefficient (Wildman–Crippen LogP) is 2.53. The number of rotatable bonds is 9. The summed E-state index contributed by atoms with van der Waals surface area (Å²) in [5, 5.41) is 7.19. The summed E-state index contributed by atoms with van der Waals surface area (Å²) >= 11 is 0. The molecular weight excluding hydrogens is 372 g/mol. The molecule has 0 saturated carbocycles. The van der Waals surface area contributed by atoms with Crippen molar-refractivity contribution in [3.8, 4) is 5.75 Å². The normalized spacial score (nSPS) is 12.7. The Kier molecular flexibility index (Phi) is 8.00. The predicted molar refractivity (Wildman–Crippen MR) is 111 cm³/mol. The summed E-state index contributed by atoms with van der Waals surface area (Å²) in [4.78, 5) is 36.1. The Bertz CT molecular complexity index is 881. The van der Waals surface area contributed by atoms with Crippen molar-refractivity contribution >= 4 is 28.6 Å². The summed E-state index contributed by atoms with van der Waals surface area (Å²) in [6.45, 7) is 5.36. The van der Waals surface area contributed by atoms with E-state index in [9.17, 15) is 14.4 Å². The van der Waals surface area contributed by atoms with Crippen molar-refractivity contribution < 1.29 is 23.9 Å². The second-order valence-corrected chi connectivity index (χ2v) is 6.88. The average Bonchev–Trinajstić information content (AvgIpc) is 2.74. The smallest absolute Gasteiger partial charge is 0.313 e. The van der Waals surface area contributed by atoms with Gasteiger partial charge in [-0.25, -0.2) is 0 Å². The van der Waals surface area contributed by atoms with Gasteiger partial charge in [0.15, 0.2) is 6.61 Å². The highest BCUT2D eigenvalue weighted by atomic mass is 16.5. The van der Waals surface area contributed by atoms with Crippen LogP contribution in [-0.2, 0) is 19.1 Å². The lowest BCUT2D eigenvalue weighted by Gasteiger charge is -2.15. The molecule has 29 heavy (non-hydrogen) atoms. The maximum absolute atomic E-state index is 12.3. The lowest BCUT2D eigenvalue weighted by molar-refractivity contribution is -0.150. The molecule has 0 aliphatic carbocycles. The van der Waals surface area contributed by atoms with Crippen LogP contribution in [-0.4, -0.2) is 44.1 Å². The van der Waals surface area contributed by atoms with Crippen LogP contribution in [0.2, 0.25) is 0 Å². The van der Waals surface area contributed by atoms with Gasteiger partial charge in [0.25, 0.3) is 5.91 Å². The van der Waals surface area contributed by atoms with Crippen LogP contribution in [0, 0.1) is 0 Å². The summed E-state index contributed by atoms with van der Waals surface area (Å²) < 4.78 is 10.3. The first-order valence-corrected chi connectivity index (χ1v) is 9.67. The number of hydrogen-bond donors (Lipinski definition) is 2. The average molecular weight is 400 g/mol. The second-order valence-electron chi connectivity index (χ2n) is 6.88. The van der Waals surface area contributed by atoms with Crippen LogP contribution in [0.4, 0.5) is 0 Å². The molecule has 0 fully saturated rings. The lowest BCUT2D eigenvalue weighted by atomic mass is 9.98. The number of esters is 1. The fourth-order valence-electron chi connectivity index (χ4n) is 2.79. The number of amides is 2. The maximum Gasteiger partial charge on any atom is 0.313 e. The van der Waals surface area contributed by atoms with Crippen LogP contribution in [0.25, 0.3) is 10.8 Å². The van der Waals surface area contributed by atoms with E-state index in [2.05, 4.69) is 10.6 Å². The van der Waals surface area contributed by atoms with Crippen molar-refractivity contribution in [3.05, 3.63) is 42.0 Å². The van der Waals surface area contributed by atoms with Gasteiger partial charge in [-0.05, 0) is 48.7 Å². The number of carbonyl (C=O) groups is 3. The van der Waals surface area contributed by atoms with E-state index in [-0.39, 0.29) is 5.91 Å². The third kappa shape index (κ3) is 6.20. The highest BCUT2D eigenvalue weighted by Crippen LogP contribution is 2.25. The van der Waals surface area contributed by atoms with Gasteiger partial charge in [0.05, 0.1) is 13.0 Å². The molecule has 0 aliphatic rings. The number of nitrogens with one attached hydrogen (secondary N) is 2. The lowest BCUT2D eigenvalue weighted by Crippen LogP contribution is -2.46.